The Hall–Kier alpha value is -1.10. The Bertz CT molecular complexity index is 306. The smallest absolute Gasteiger partial charge is 0.320 e. The van der Waals surface area contributed by atoms with Crippen molar-refractivity contribution >= 4 is 11.9 Å². The van der Waals surface area contributed by atoms with E-state index in [-0.39, 0.29) is 43.1 Å². The van der Waals surface area contributed by atoms with Crippen molar-refractivity contribution in [2.45, 2.75) is 66.6 Å². The lowest BCUT2D eigenvalue weighted by Crippen LogP contribution is -2.49. The van der Waals surface area contributed by atoms with Gasteiger partial charge in [0.2, 0.25) is 5.91 Å². The summed E-state index contributed by atoms with van der Waals surface area (Å²) >= 11 is 0. The van der Waals surface area contributed by atoms with Gasteiger partial charge in [0.15, 0.2) is 0 Å². The van der Waals surface area contributed by atoms with Crippen molar-refractivity contribution in [3.05, 3.63) is 0 Å². The summed E-state index contributed by atoms with van der Waals surface area (Å²) < 4.78 is 4.95. The molecule has 0 unspecified atom stereocenters. The number of hydrogen-bond donors (Lipinski definition) is 0. The van der Waals surface area contributed by atoms with Gasteiger partial charge in [-0.25, -0.2) is 0 Å². The molecule has 0 fully saturated rings. The van der Waals surface area contributed by atoms with Crippen LogP contribution in [0.3, 0.4) is 0 Å². The van der Waals surface area contributed by atoms with E-state index in [1.165, 1.54) is 0 Å². The predicted octanol–water partition coefficient (Wildman–Crippen LogP) is 1.91. The number of ether oxygens (including phenoxy) is 1. The summed E-state index contributed by atoms with van der Waals surface area (Å²) in [5.41, 5.74) is 0. The van der Waals surface area contributed by atoms with Crippen LogP contribution >= 0.6 is 0 Å². The maximum Gasteiger partial charge on any atom is 0.320 e. The lowest BCUT2D eigenvalue weighted by atomic mass is 10.2. The Morgan fingerprint density at radius 1 is 0.900 bits per heavy atom. The third-order valence-corrected chi connectivity index (χ3v) is 3.11. The van der Waals surface area contributed by atoms with E-state index in [1.807, 2.05) is 51.3 Å². The van der Waals surface area contributed by atoms with E-state index in [1.54, 1.807) is 6.92 Å². The molecular formula is C15H30N2O3. The van der Waals surface area contributed by atoms with Crippen LogP contribution in [0.5, 0.6) is 0 Å². The number of rotatable bonds is 8. The van der Waals surface area contributed by atoms with Crippen LogP contribution in [0.15, 0.2) is 0 Å². The van der Waals surface area contributed by atoms with Crippen LogP contribution in [-0.4, -0.2) is 59.5 Å². The van der Waals surface area contributed by atoms with Crippen LogP contribution < -0.4 is 0 Å². The molecule has 0 heterocycles. The average Bonchev–Trinajstić information content (AvgIpc) is 2.26. The van der Waals surface area contributed by atoms with E-state index in [4.69, 9.17) is 4.74 Å². The Morgan fingerprint density at radius 3 is 1.75 bits per heavy atom. The SMILES string of the molecule is CCOC(=O)CN(CC(=O)N(C(C)C)C(C)C)C(C)C. The largest absolute Gasteiger partial charge is 0.465 e. The van der Waals surface area contributed by atoms with Gasteiger partial charge in [0.25, 0.3) is 0 Å². The topological polar surface area (TPSA) is 49.9 Å². The lowest BCUT2D eigenvalue weighted by Gasteiger charge is -2.34. The zero-order valence-corrected chi connectivity index (χ0v) is 14.0. The molecule has 0 aliphatic heterocycles. The number of carbonyl (C=O) groups is 2. The lowest BCUT2D eigenvalue weighted by molar-refractivity contribution is -0.146. The molecule has 0 aliphatic rings. The zero-order chi connectivity index (χ0) is 15.9. The molecule has 0 atom stereocenters. The Morgan fingerprint density at radius 2 is 1.40 bits per heavy atom. The molecule has 0 spiro atoms. The minimum atomic E-state index is -0.283. The molecule has 5 heteroatoms. The van der Waals surface area contributed by atoms with Gasteiger partial charge in [-0.1, -0.05) is 0 Å². The number of hydrogen-bond acceptors (Lipinski definition) is 4. The first-order chi connectivity index (χ1) is 9.20. The fourth-order valence-electron chi connectivity index (χ4n) is 2.22. The maximum atomic E-state index is 12.4. The Balaban J connectivity index is 4.73. The van der Waals surface area contributed by atoms with Gasteiger partial charge < -0.3 is 9.64 Å². The van der Waals surface area contributed by atoms with Gasteiger partial charge in [-0.2, -0.15) is 0 Å². The number of esters is 1. The van der Waals surface area contributed by atoms with Gasteiger partial charge in [0, 0.05) is 18.1 Å². The van der Waals surface area contributed by atoms with Crippen molar-refractivity contribution in [1.29, 1.82) is 0 Å². The average molecular weight is 286 g/mol. The van der Waals surface area contributed by atoms with Gasteiger partial charge in [-0.05, 0) is 48.5 Å². The molecule has 0 radical (unpaired) electrons. The molecule has 5 nitrogen and oxygen atoms in total. The van der Waals surface area contributed by atoms with E-state index >= 15 is 0 Å². The van der Waals surface area contributed by atoms with E-state index in [0.29, 0.717) is 6.61 Å². The van der Waals surface area contributed by atoms with Crippen LogP contribution in [0.2, 0.25) is 0 Å². The normalized spacial score (nSPS) is 11.6. The summed E-state index contributed by atoms with van der Waals surface area (Å²) in [5, 5.41) is 0. The maximum absolute atomic E-state index is 12.4. The molecule has 118 valence electrons. The summed E-state index contributed by atoms with van der Waals surface area (Å²) in [7, 11) is 0. The molecular weight excluding hydrogens is 256 g/mol. The summed E-state index contributed by atoms with van der Waals surface area (Å²) in [6, 6.07) is 0.419. The minimum absolute atomic E-state index is 0.0491. The predicted molar refractivity (Wildman–Crippen MR) is 80.5 cm³/mol. The third-order valence-electron chi connectivity index (χ3n) is 3.11. The van der Waals surface area contributed by atoms with E-state index < -0.39 is 0 Å². The summed E-state index contributed by atoms with van der Waals surface area (Å²) in [6.07, 6.45) is 0. The number of nitrogens with zero attached hydrogens (tertiary/aromatic N) is 2. The molecule has 0 aromatic heterocycles. The van der Waals surface area contributed by atoms with E-state index in [2.05, 4.69) is 0 Å². The van der Waals surface area contributed by atoms with Gasteiger partial charge in [0.05, 0.1) is 19.7 Å². The van der Waals surface area contributed by atoms with Gasteiger partial charge in [-0.3, -0.25) is 14.5 Å². The van der Waals surface area contributed by atoms with Crippen LogP contribution in [0.4, 0.5) is 0 Å². The fraction of sp³-hybridized carbons (Fsp3) is 0.867. The van der Waals surface area contributed by atoms with Crippen molar-refractivity contribution in [2.24, 2.45) is 0 Å². The van der Waals surface area contributed by atoms with E-state index in [9.17, 15) is 9.59 Å². The van der Waals surface area contributed by atoms with E-state index in [0.717, 1.165) is 0 Å². The monoisotopic (exact) mass is 286 g/mol. The number of carbonyl (C=O) groups excluding carboxylic acids is 2. The highest BCUT2D eigenvalue weighted by molar-refractivity contribution is 5.80. The van der Waals surface area contributed by atoms with Crippen molar-refractivity contribution in [2.75, 3.05) is 19.7 Å². The second kappa shape index (κ2) is 8.95. The molecule has 1 amide bonds. The highest BCUT2D eigenvalue weighted by Crippen LogP contribution is 2.08. The minimum Gasteiger partial charge on any atom is -0.465 e. The van der Waals surface area contributed by atoms with Gasteiger partial charge >= 0.3 is 5.97 Å². The molecule has 0 aromatic carbocycles. The fourth-order valence-corrected chi connectivity index (χ4v) is 2.22. The molecule has 20 heavy (non-hydrogen) atoms. The van der Waals surface area contributed by atoms with Gasteiger partial charge in [0.1, 0.15) is 0 Å². The van der Waals surface area contributed by atoms with Crippen LogP contribution in [0.1, 0.15) is 48.5 Å². The van der Waals surface area contributed by atoms with Crippen molar-refractivity contribution in [3.8, 4) is 0 Å². The van der Waals surface area contributed by atoms with Gasteiger partial charge in [-0.15, -0.1) is 0 Å². The first kappa shape index (κ1) is 18.9. The molecule has 0 saturated carbocycles. The Labute approximate surface area is 123 Å². The Kier molecular flexibility index (Phi) is 8.46. The quantitative estimate of drug-likeness (QED) is 0.640. The van der Waals surface area contributed by atoms with Crippen molar-refractivity contribution < 1.29 is 14.3 Å². The van der Waals surface area contributed by atoms with Crippen LogP contribution in [0.25, 0.3) is 0 Å². The van der Waals surface area contributed by atoms with Crippen molar-refractivity contribution in [3.63, 3.8) is 0 Å². The standard InChI is InChI=1S/C15H30N2O3/c1-8-20-15(19)10-16(11(2)3)9-14(18)17(12(4)5)13(6)7/h11-13H,8-10H2,1-7H3. The first-order valence-corrected chi connectivity index (χ1v) is 7.41. The summed E-state index contributed by atoms with van der Waals surface area (Å²) in [6.45, 7) is 14.5. The second-order valence-electron chi connectivity index (χ2n) is 5.79. The molecule has 0 aliphatic carbocycles. The zero-order valence-electron chi connectivity index (χ0n) is 14.0. The molecule has 0 rings (SSSR count). The second-order valence-corrected chi connectivity index (χ2v) is 5.79. The highest BCUT2D eigenvalue weighted by atomic mass is 16.5. The molecule has 0 N–H and O–H groups in total. The van der Waals surface area contributed by atoms with Crippen molar-refractivity contribution in [1.82, 2.24) is 9.80 Å². The third kappa shape index (κ3) is 6.37. The summed E-state index contributed by atoms with van der Waals surface area (Å²) in [4.78, 5) is 27.7. The van der Waals surface area contributed by atoms with Crippen LogP contribution in [0, 0.1) is 0 Å². The highest BCUT2D eigenvalue weighted by Gasteiger charge is 2.24. The summed E-state index contributed by atoms with van der Waals surface area (Å²) in [5.74, 6) is -0.234. The molecule has 0 bridgehead atoms. The number of amides is 1. The van der Waals surface area contributed by atoms with Crippen LogP contribution in [-0.2, 0) is 14.3 Å². The first-order valence-electron chi connectivity index (χ1n) is 7.41. The molecule has 0 saturated heterocycles. The molecule has 0 aromatic rings.